The molecular weight excluding hydrogens is 314 g/mol. The Hall–Kier alpha value is -2.14. The maximum Gasteiger partial charge on any atom is 0.273 e. The monoisotopic (exact) mass is 341 g/mol. The van der Waals surface area contributed by atoms with Crippen LogP contribution in [0.5, 0.6) is 0 Å². The molecule has 134 valence electrons. The van der Waals surface area contributed by atoms with Crippen molar-refractivity contribution in [2.45, 2.75) is 44.7 Å². The Kier molecular flexibility index (Phi) is 5.53. The van der Waals surface area contributed by atoms with E-state index in [0.29, 0.717) is 23.4 Å². The van der Waals surface area contributed by atoms with E-state index in [1.54, 1.807) is 13.0 Å². The molecule has 1 heterocycles. The molecule has 0 bridgehead atoms. The lowest BCUT2D eigenvalue weighted by molar-refractivity contribution is 0.0897. The van der Waals surface area contributed by atoms with Crippen LogP contribution in [0.2, 0.25) is 0 Å². The summed E-state index contributed by atoms with van der Waals surface area (Å²) >= 11 is 0. The minimum atomic E-state index is -0.132. The Morgan fingerprint density at radius 2 is 1.88 bits per heavy atom. The molecule has 5 heteroatoms. The smallest absolute Gasteiger partial charge is 0.273 e. The van der Waals surface area contributed by atoms with Gasteiger partial charge in [0.1, 0.15) is 5.76 Å². The normalized spacial score (nSPS) is 21.9. The Balaban J connectivity index is 1.58. The maximum absolute atomic E-state index is 12.2. The molecule has 0 radical (unpaired) electrons. The molecule has 0 spiro atoms. The molecule has 1 amide bonds. The number of amides is 1. The number of nitrogens with one attached hydrogen (secondary N) is 1. The Morgan fingerprint density at radius 3 is 2.44 bits per heavy atom. The van der Waals surface area contributed by atoms with E-state index in [9.17, 15) is 4.79 Å². The predicted octanol–water partition coefficient (Wildman–Crippen LogP) is 3.57. The zero-order valence-electron chi connectivity index (χ0n) is 15.2. The second kappa shape index (κ2) is 7.83. The molecule has 1 N–H and O–H groups in total. The molecule has 1 saturated carbocycles. The van der Waals surface area contributed by atoms with E-state index in [2.05, 4.69) is 59.8 Å². The first kappa shape index (κ1) is 17.7. The molecule has 1 aromatic carbocycles. The van der Waals surface area contributed by atoms with Crippen LogP contribution in [0.15, 0.2) is 40.9 Å². The second-order valence-electron chi connectivity index (χ2n) is 7.23. The van der Waals surface area contributed by atoms with E-state index in [4.69, 9.17) is 4.52 Å². The van der Waals surface area contributed by atoms with Gasteiger partial charge in [0.25, 0.3) is 5.91 Å². The highest BCUT2D eigenvalue weighted by Gasteiger charge is 2.30. The van der Waals surface area contributed by atoms with Gasteiger partial charge in [-0.05, 0) is 58.2 Å². The molecule has 25 heavy (non-hydrogen) atoms. The van der Waals surface area contributed by atoms with Gasteiger partial charge < -0.3 is 14.7 Å². The summed E-state index contributed by atoms with van der Waals surface area (Å²) in [7, 11) is 4.30. The lowest BCUT2D eigenvalue weighted by Gasteiger charge is -2.37. The van der Waals surface area contributed by atoms with E-state index in [0.717, 1.165) is 25.7 Å². The highest BCUT2D eigenvalue weighted by Crippen LogP contribution is 2.37. The van der Waals surface area contributed by atoms with Gasteiger partial charge in [0.2, 0.25) is 0 Å². The first-order valence-electron chi connectivity index (χ1n) is 9.00. The van der Waals surface area contributed by atoms with Crippen LogP contribution < -0.4 is 5.32 Å². The number of rotatable bonds is 5. The number of carbonyl (C=O) groups is 1. The number of aryl methyl sites for hydroxylation is 1. The summed E-state index contributed by atoms with van der Waals surface area (Å²) in [6, 6.07) is 13.0. The lowest BCUT2D eigenvalue weighted by Crippen LogP contribution is -2.40. The first-order valence-corrected chi connectivity index (χ1v) is 9.00. The van der Waals surface area contributed by atoms with Crippen LogP contribution in [0, 0.1) is 12.8 Å². The molecule has 2 aromatic rings. The van der Waals surface area contributed by atoms with Gasteiger partial charge in [0.05, 0.1) is 0 Å². The van der Waals surface area contributed by atoms with Gasteiger partial charge in [-0.25, -0.2) is 0 Å². The Labute approximate surface area is 149 Å². The summed E-state index contributed by atoms with van der Waals surface area (Å²) in [5, 5.41) is 6.90. The van der Waals surface area contributed by atoms with Crippen molar-refractivity contribution in [3.63, 3.8) is 0 Å². The third-order valence-electron chi connectivity index (χ3n) is 5.11. The molecule has 1 aliphatic rings. The summed E-state index contributed by atoms with van der Waals surface area (Å²) in [5.41, 5.74) is 1.74. The standard InChI is InChI=1S/C20H27N3O2/c1-14-13-18(22-25-14)20(24)21-17-11-9-16(10-12-17)19(23(2)3)15-7-5-4-6-8-15/h4-8,13,16-17,19H,9-12H2,1-3H3,(H,21,24). The fraction of sp³-hybridized carbons (Fsp3) is 0.500. The van der Waals surface area contributed by atoms with E-state index >= 15 is 0 Å². The maximum atomic E-state index is 12.2. The predicted molar refractivity (Wildman–Crippen MR) is 97.3 cm³/mol. The summed E-state index contributed by atoms with van der Waals surface area (Å²) in [5.74, 6) is 1.14. The first-order chi connectivity index (χ1) is 12.0. The number of carbonyl (C=O) groups excluding carboxylic acids is 1. The molecular formula is C20H27N3O2. The SMILES string of the molecule is Cc1cc(C(=O)NC2CCC(C(c3ccccc3)N(C)C)CC2)no1. The van der Waals surface area contributed by atoms with Gasteiger partial charge in [0, 0.05) is 18.2 Å². The van der Waals surface area contributed by atoms with E-state index in [1.807, 2.05) is 0 Å². The van der Waals surface area contributed by atoms with Gasteiger partial charge in [-0.3, -0.25) is 4.79 Å². The average molecular weight is 341 g/mol. The molecule has 1 unspecified atom stereocenters. The van der Waals surface area contributed by atoms with E-state index < -0.39 is 0 Å². The highest BCUT2D eigenvalue weighted by atomic mass is 16.5. The molecule has 5 nitrogen and oxygen atoms in total. The van der Waals surface area contributed by atoms with Gasteiger partial charge in [-0.2, -0.15) is 0 Å². The van der Waals surface area contributed by atoms with Crippen LogP contribution in [0.3, 0.4) is 0 Å². The third-order valence-corrected chi connectivity index (χ3v) is 5.11. The van der Waals surface area contributed by atoms with Crippen LogP contribution in [0.4, 0.5) is 0 Å². The minimum absolute atomic E-state index is 0.132. The summed E-state index contributed by atoms with van der Waals surface area (Å²) < 4.78 is 4.98. The number of nitrogens with zero attached hydrogens (tertiary/aromatic N) is 2. The van der Waals surface area contributed by atoms with Crippen molar-refractivity contribution in [1.29, 1.82) is 0 Å². The average Bonchev–Trinajstić information content (AvgIpc) is 3.04. The Morgan fingerprint density at radius 1 is 1.20 bits per heavy atom. The largest absolute Gasteiger partial charge is 0.361 e. The van der Waals surface area contributed by atoms with Crippen molar-refractivity contribution in [3.8, 4) is 0 Å². The van der Waals surface area contributed by atoms with Crippen molar-refractivity contribution in [2.75, 3.05) is 14.1 Å². The number of hydrogen-bond donors (Lipinski definition) is 1. The van der Waals surface area contributed by atoms with Crippen molar-refractivity contribution in [2.24, 2.45) is 5.92 Å². The van der Waals surface area contributed by atoms with Crippen molar-refractivity contribution in [1.82, 2.24) is 15.4 Å². The van der Waals surface area contributed by atoms with Crippen LogP contribution in [-0.2, 0) is 0 Å². The van der Waals surface area contributed by atoms with Crippen LogP contribution >= 0.6 is 0 Å². The minimum Gasteiger partial charge on any atom is -0.361 e. The van der Waals surface area contributed by atoms with E-state index in [1.165, 1.54) is 5.56 Å². The molecule has 3 rings (SSSR count). The number of benzene rings is 1. The molecule has 1 fully saturated rings. The van der Waals surface area contributed by atoms with Gasteiger partial charge in [-0.1, -0.05) is 35.5 Å². The summed E-state index contributed by atoms with van der Waals surface area (Å²) in [4.78, 5) is 14.5. The molecule has 0 saturated heterocycles. The van der Waals surface area contributed by atoms with Gasteiger partial charge in [-0.15, -0.1) is 0 Å². The Bertz CT molecular complexity index is 688. The second-order valence-corrected chi connectivity index (χ2v) is 7.23. The van der Waals surface area contributed by atoms with Crippen molar-refractivity contribution >= 4 is 5.91 Å². The van der Waals surface area contributed by atoms with Crippen LogP contribution in [0.25, 0.3) is 0 Å². The molecule has 1 aromatic heterocycles. The fourth-order valence-electron chi connectivity index (χ4n) is 3.95. The molecule has 0 aliphatic heterocycles. The van der Waals surface area contributed by atoms with Gasteiger partial charge >= 0.3 is 0 Å². The molecule has 1 aliphatic carbocycles. The van der Waals surface area contributed by atoms with Crippen LogP contribution in [0.1, 0.15) is 53.5 Å². The topological polar surface area (TPSA) is 58.4 Å². The third kappa shape index (κ3) is 4.28. The fourth-order valence-corrected chi connectivity index (χ4v) is 3.95. The summed E-state index contributed by atoms with van der Waals surface area (Å²) in [6.07, 6.45) is 4.23. The summed E-state index contributed by atoms with van der Waals surface area (Å²) in [6.45, 7) is 1.79. The highest BCUT2D eigenvalue weighted by molar-refractivity contribution is 5.92. The van der Waals surface area contributed by atoms with Gasteiger partial charge in [0.15, 0.2) is 5.69 Å². The zero-order chi connectivity index (χ0) is 17.8. The van der Waals surface area contributed by atoms with E-state index in [-0.39, 0.29) is 11.9 Å². The lowest BCUT2D eigenvalue weighted by atomic mass is 9.78. The van der Waals surface area contributed by atoms with Crippen molar-refractivity contribution in [3.05, 3.63) is 53.4 Å². The quantitative estimate of drug-likeness (QED) is 0.903. The number of aromatic nitrogens is 1. The van der Waals surface area contributed by atoms with Crippen LogP contribution in [-0.4, -0.2) is 36.1 Å². The number of hydrogen-bond acceptors (Lipinski definition) is 4. The van der Waals surface area contributed by atoms with Crippen molar-refractivity contribution < 1.29 is 9.32 Å². The zero-order valence-corrected chi connectivity index (χ0v) is 15.2. The molecule has 1 atom stereocenters.